The largest absolute Gasteiger partial charge is 0.310 e. The van der Waals surface area contributed by atoms with Gasteiger partial charge in [-0.05, 0) is 24.0 Å². The Morgan fingerprint density at radius 2 is 2.05 bits per heavy atom. The van der Waals surface area contributed by atoms with Gasteiger partial charge in [0.2, 0.25) is 0 Å². The van der Waals surface area contributed by atoms with Crippen molar-refractivity contribution in [3.63, 3.8) is 0 Å². The zero-order valence-corrected chi connectivity index (χ0v) is 15.5. The first-order valence-corrected chi connectivity index (χ1v) is 9.80. The third-order valence-electron chi connectivity index (χ3n) is 2.49. The van der Waals surface area contributed by atoms with Crippen LogP contribution in [0, 0.1) is 0 Å². The van der Waals surface area contributed by atoms with Crippen molar-refractivity contribution in [1.29, 1.82) is 0 Å². The van der Waals surface area contributed by atoms with Crippen molar-refractivity contribution >= 4 is 50.8 Å². The van der Waals surface area contributed by atoms with Crippen LogP contribution in [-0.2, 0) is 6.54 Å². The lowest BCUT2D eigenvalue weighted by Crippen LogP contribution is -2.21. The molecule has 0 saturated carbocycles. The minimum atomic E-state index is 0.488. The molecule has 0 aliphatic rings. The number of nitrogens with one attached hydrogen (secondary N) is 1. The van der Waals surface area contributed by atoms with E-state index in [0.717, 1.165) is 19.7 Å². The van der Waals surface area contributed by atoms with Gasteiger partial charge in [-0.1, -0.05) is 70.7 Å². The van der Waals surface area contributed by atoms with E-state index in [4.69, 9.17) is 0 Å². The number of rotatable bonds is 6. The van der Waals surface area contributed by atoms with Crippen molar-refractivity contribution in [2.45, 2.75) is 40.0 Å². The normalized spacial score (nSPS) is 11.2. The van der Waals surface area contributed by atoms with E-state index in [2.05, 4.69) is 63.5 Å². The topological polar surface area (TPSA) is 37.8 Å². The predicted octanol–water partition coefficient (Wildman–Crippen LogP) is 4.67. The maximum Gasteiger partial charge on any atom is 0.179 e. The van der Waals surface area contributed by atoms with Gasteiger partial charge in [-0.2, -0.15) is 0 Å². The molecule has 1 heterocycles. The molecule has 0 aliphatic heterocycles. The predicted molar refractivity (Wildman–Crippen MR) is 91.9 cm³/mol. The molecule has 7 heteroatoms. The van der Waals surface area contributed by atoms with E-state index in [9.17, 15) is 0 Å². The van der Waals surface area contributed by atoms with Gasteiger partial charge in [-0.3, -0.25) is 0 Å². The summed E-state index contributed by atoms with van der Waals surface area (Å²) in [6.45, 7) is 5.17. The summed E-state index contributed by atoms with van der Waals surface area (Å²) in [6.07, 6.45) is 2.02. The lowest BCUT2D eigenvalue weighted by molar-refractivity contribution is 0.587. The van der Waals surface area contributed by atoms with Crippen LogP contribution < -0.4 is 5.32 Å². The molecule has 2 aromatic rings. The Hall–Kier alpha value is -0.0800. The average molecular weight is 390 g/mol. The molecule has 108 valence electrons. The van der Waals surface area contributed by atoms with Crippen molar-refractivity contribution in [1.82, 2.24) is 15.5 Å². The van der Waals surface area contributed by atoms with Crippen LogP contribution in [0.4, 0.5) is 0 Å². The van der Waals surface area contributed by atoms with E-state index < -0.39 is 0 Å². The molecule has 0 amide bonds. The first kappa shape index (κ1) is 16.3. The molecule has 3 nitrogen and oxygen atoms in total. The summed E-state index contributed by atoms with van der Waals surface area (Å²) >= 11 is 8.55. The Balaban J connectivity index is 2.04. The smallest absolute Gasteiger partial charge is 0.179 e. The molecule has 0 saturated heterocycles. The van der Waals surface area contributed by atoms with Crippen molar-refractivity contribution in [2.75, 3.05) is 6.26 Å². The highest BCUT2D eigenvalue weighted by atomic mass is 79.9. The van der Waals surface area contributed by atoms with Gasteiger partial charge in [0, 0.05) is 22.0 Å². The van der Waals surface area contributed by atoms with Gasteiger partial charge < -0.3 is 5.32 Å². The van der Waals surface area contributed by atoms with Crippen LogP contribution in [0.2, 0.25) is 0 Å². The third kappa shape index (κ3) is 4.73. The van der Waals surface area contributed by atoms with Gasteiger partial charge in [-0.25, -0.2) is 0 Å². The Kier molecular flexibility index (Phi) is 6.35. The minimum Gasteiger partial charge on any atom is -0.310 e. The number of nitrogens with zero attached hydrogens (tertiary/aromatic N) is 2. The fourth-order valence-corrected chi connectivity index (χ4v) is 4.59. The summed E-state index contributed by atoms with van der Waals surface area (Å²) in [5.74, 6) is 0. The van der Waals surface area contributed by atoms with Crippen LogP contribution in [0.1, 0.15) is 19.4 Å². The van der Waals surface area contributed by atoms with Gasteiger partial charge in [0.05, 0.1) is 0 Å². The molecule has 0 unspecified atom stereocenters. The highest BCUT2D eigenvalue weighted by Gasteiger charge is 2.07. The highest BCUT2D eigenvalue weighted by molar-refractivity contribution is 9.10. The quantitative estimate of drug-likeness (QED) is 0.726. The summed E-state index contributed by atoms with van der Waals surface area (Å²) in [5, 5.41) is 11.7. The second kappa shape index (κ2) is 7.79. The number of halogens is 1. The average Bonchev–Trinajstić information content (AvgIpc) is 2.85. The molecule has 2 rings (SSSR count). The monoisotopic (exact) mass is 389 g/mol. The maximum absolute atomic E-state index is 4.18. The maximum atomic E-state index is 4.18. The van der Waals surface area contributed by atoms with E-state index >= 15 is 0 Å². The van der Waals surface area contributed by atoms with Gasteiger partial charge >= 0.3 is 0 Å². The fraction of sp³-hybridized carbons (Fsp3) is 0.385. The zero-order chi connectivity index (χ0) is 14.5. The summed E-state index contributed by atoms with van der Waals surface area (Å²) in [6, 6.07) is 6.91. The van der Waals surface area contributed by atoms with Crippen molar-refractivity contribution in [3.05, 3.63) is 28.2 Å². The molecular formula is C13H16BrN3S3. The van der Waals surface area contributed by atoms with Crippen LogP contribution in [-0.4, -0.2) is 22.5 Å². The number of hydrogen-bond acceptors (Lipinski definition) is 6. The molecule has 1 aromatic carbocycles. The SMILES string of the molecule is CSc1nnc(Sc2ccc(CNC(C)C)c(Br)c2)s1. The van der Waals surface area contributed by atoms with Gasteiger partial charge in [0.1, 0.15) is 0 Å². The highest BCUT2D eigenvalue weighted by Crippen LogP contribution is 2.34. The van der Waals surface area contributed by atoms with Crippen LogP contribution >= 0.6 is 50.8 Å². The molecule has 1 N–H and O–H groups in total. The van der Waals surface area contributed by atoms with Crippen LogP contribution in [0.15, 0.2) is 36.2 Å². The van der Waals surface area contributed by atoms with E-state index in [-0.39, 0.29) is 0 Å². The zero-order valence-electron chi connectivity index (χ0n) is 11.5. The fourth-order valence-electron chi connectivity index (χ4n) is 1.47. The Morgan fingerprint density at radius 1 is 1.30 bits per heavy atom. The van der Waals surface area contributed by atoms with Crippen LogP contribution in [0.25, 0.3) is 0 Å². The lowest BCUT2D eigenvalue weighted by atomic mass is 10.2. The Labute approximate surface area is 140 Å². The molecule has 1 aromatic heterocycles. The molecule has 0 aliphatic carbocycles. The minimum absolute atomic E-state index is 0.488. The summed E-state index contributed by atoms with van der Waals surface area (Å²) < 4.78 is 3.11. The van der Waals surface area contributed by atoms with Crippen molar-refractivity contribution in [2.24, 2.45) is 0 Å². The molecule has 0 spiro atoms. The lowest BCUT2D eigenvalue weighted by Gasteiger charge is -2.10. The molecule has 20 heavy (non-hydrogen) atoms. The molecule has 0 radical (unpaired) electrons. The first-order chi connectivity index (χ1) is 9.58. The number of hydrogen-bond donors (Lipinski definition) is 1. The van der Waals surface area contributed by atoms with E-state index in [1.807, 2.05) is 6.26 Å². The number of thioether (sulfide) groups is 1. The second-order valence-electron chi connectivity index (χ2n) is 4.43. The van der Waals surface area contributed by atoms with Crippen LogP contribution in [0.3, 0.4) is 0 Å². The van der Waals surface area contributed by atoms with Crippen LogP contribution in [0.5, 0.6) is 0 Å². The van der Waals surface area contributed by atoms with Crippen molar-refractivity contribution < 1.29 is 0 Å². The first-order valence-electron chi connectivity index (χ1n) is 6.15. The molecule has 0 bridgehead atoms. The molecule has 0 fully saturated rings. The number of aromatic nitrogens is 2. The summed E-state index contributed by atoms with van der Waals surface area (Å²) in [5.41, 5.74) is 1.27. The van der Waals surface area contributed by atoms with E-state index in [1.54, 1.807) is 34.9 Å². The van der Waals surface area contributed by atoms with Gasteiger partial charge in [-0.15, -0.1) is 10.2 Å². The third-order valence-corrected chi connectivity index (χ3v) is 6.17. The van der Waals surface area contributed by atoms with Crippen molar-refractivity contribution in [3.8, 4) is 0 Å². The standard InChI is InChI=1S/C13H16BrN3S3/c1-8(2)15-7-9-4-5-10(6-11(9)14)19-13-17-16-12(18-3)20-13/h4-6,8,15H,7H2,1-3H3. The Morgan fingerprint density at radius 3 is 2.65 bits per heavy atom. The summed E-state index contributed by atoms with van der Waals surface area (Å²) in [7, 11) is 0. The summed E-state index contributed by atoms with van der Waals surface area (Å²) in [4.78, 5) is 1.17. The Bertz CT molecular complexity index is 572. The van der Waals surface area contributed by atoms with Gasteiger partial charge in [0.15, 0.2) is 8.68 Å². The number of benzene rings is 1. The molecular weight excluding hydrogens is 374 g/mol. The molecule has 0 atom stereocenters. The van der Waals surface area contributed by atoms with Gasteiger partial charge in [0.25, 0.3) is 0 Å². The second-order valence-corrected chi connectivity index (χ2v) is 8.63. The van der Waals surface area contributed by atoms with E-state index in [0.29, 0.717) is 6.04 Å². The van der Waals surface area contributed by atoms with E-state index in [1.165, 1.54) is 10.5 Å².